The minimum atomic E-state index is -3.65. The van der Waals surface area contributed by atoms with Crippen LogP contribution in [0.25, 0.3) is 0 Å². The molecule has 0 aliphatic carbocycles. The lowest BCUT2D eigenvalue weighted by Crippen LogP contribution is -2.43. The van der Waals surface area contributed by atoms with Crippen molar-refractivity contribution in [3.8, 4) is 5.75 Å². The molecule has 1 atom stereocenters. The maximum Gasteiger partial charge on any atom is 0.240 e. The molecule has 0 radical (unpaired) electrons. The molecule has 1 saturated heterocycles. The van der Waals surface area contributed by atoms with Gasteiger partial charge in [-0.1, -0.05) is 29.8 Å². The van der Waals surface area contributed by atoms with Crippen LogP contribution in [0.15, 0.2) is 41.3 Å². The first-order chi connectivity index (χ1) is 13.8. The van der Waals surface area contributed by atoms with Crippen LogP contribution in [0.3, 0.4) is 0 Å². The van der Waals surface area contributed by atoms with Crippen LogP contribution in [0, 0.1) is 20.8 Å². The van der Waals surface area contributed by atoms with Crippen LogP contribution in [0.2, 0.25) is 0 Å². The van der Waals surface area contributed by atoms with Gasteiger partial charge < -0.3 is 9.47 Å². The van der Waals surface area contributed by atoms with E-state index in [1.54, 1.807) is 19.2 Å². The molecular formula is C22H30N2O4S. The Labute approximate surface area is 173 Å². The van der Waals surface area contributed by atoms with Crippen LogP contribution in [0.4, 0.5) is 0 Å². The van der Waals surface area contributed by atoms with Gasteiger partial charge in [0.05, 0.1) is 25.2 Å². The smallest absolute Gasteiger partial charge is 0.240 e. The van der Waals surface area contributed by atoms with Crippen LogP contribution >= 0.6 is 0 Å². The number of nitrogens with zero attached hydrogens (tertiary/aromatic N) is 1. The van der Waals surface area contributed by atoms with Crippen molar-refractivity contribution in [2.75, 3.05) is 40.0 Å². The van der Waals surface area contributed by atoms with E-state index in [-0.39, 0.29) is 6.04 Å². The van der Waals surface area contributed by atoms with Gasteiger partial charge >= 0.3 is 0 Å². The molecule has 1 N–H and O–H groups in total. The maximum atomic E-state index is 13.1. The average molecular weight is 419 g/mol. The van der Waals surface area contributed by atoms with Gasteiger partial charge in [-0.2, -0.15) is 0 Å². The Balaban J connectivity index is 1.85. The summed E-state index contributed by atoms with van der Waals surface area (Å²) in [5.74, 6) is 0.687. The summed E-state index contributed by atoms with van der Waals surface area (Å²) >= 11 is 0. The molecule has 1 aliphatic rings. The van der Waals surface area contributed by atoms with Crippen molar-refractivity contribution in [3.63, 3.8) is 0 Å². The molecule has 2 aromatic rings. The molecule has 0 aromatic heterocycles. The predicted octanol–water partition coefficient (Wildman–Crippen LogP) is 2.97. The van der Waals surface area contributed by atoms with Crippen LogP contribution in [-0.4, -0.2) is 53.3 Å². The topological polar surface area (TPSA) is 67.9 Å². The van der Waals surface area contributed by atoms with Crippen molar-refractivity contribution in [3.05, 3.63) is 58.7 Å². The summed E-state index contributed by atoms with van der Waals surface area (Å²) in [5, 5.41) is 0. The van der Waals surface area contributed by atoms with Gasteiger partial charge in [0.2, 0.25) is 10.0 Å². The quantitative estimate of drug-likeness (QED) is 0.749. The number of hydrogen-bond acceptors (Lipinski definition) is 5. The molecule has 7 heteroatoms. The second kappa shape index (κ2) is 9.26. The van der Waals surface area contributed by atoms with Crippen LogP contribution < -0.4 is 9.46 Å². The summed E-state index contributed by atoms with van der Waals surface area (Å²) in [4.78, 5) is 2.58. The Morgan fingerprint density at radius 1 is 1.10 bits per heavy atom. The van der Waals surface area contributed by atoms with Gasteiger partial charge in [0.15, 0.2) is 0 Å². The van der Waals surface area contributed by atoms with Gasteiger partial charge in [-0.3, -0.25) is 4.90 Å². The number of methoxy groups -OCH3 is 1. The molecule has 29 heavy (non-hydrogen) atoms. The second-order valence-electron chi connectivity index (χ2n) is 7.45. The normalized spacial score (nSPS) is 16.6. The zero-order chi connectivity index (χ0) is 21.0. The van der Waals surface area contributed by atoms with Crippen molar-refractivity contribution in [2.24, 2.45) is 0 Å². The van der Waals surface area contributed by atoms with E-state index in [0.717, 1.165) is 29.8 Å². The highest BCUT2D eigenvalue weighted by atomic mass is 32.2. The van der Waals surface area contributed by atoms with Gasteiger partial charge in [0, 0.05) is 25.7 Å². The molecular weight excluding hydrogens is 388 g/mol. The molecule has 1 heterocycles. The summed E-state index contributed by atoms with van der Waals surface area (Å²) in [7, 11) is -2.07. The Morgan fingerprint density at radius 2 is 1.83 bits per heavy atom. The fourth-order valence-corrected chi connectivity index (χ4v) is 5.11. The number of rotatable bonds is 7. The van der Waals surface area contributed by atoms with Gasteiger partial charge in [0.25, 0.3) is 0 Å². The van der Waals surface area contributed by atoms with Crippen LogP contribution in [-0.2, 0) is 14.8 Å². The Morgan fingerprint density at radius 3 is 2.48 bits per heavy atom. The van der Waals surface area contributed by atoms with E-state index >= 15 is 0 Å². The molecule has 0 spiro atoms. The zero-order valence-corrected chi connectivity index (χ0v) is 18.4. The third-order valence-electron chi connectivity index (χ3n) is 5.58. The number of hydrogen-bond donors (Lipinski definition) is 1. The third-order valence-corrected chi connectivity index (χ3v) is 7.15. The third kappa shape index (κ3) is 4.98. The van der Waals surface area contributed by atoms with E-state index in [9.17, 15) is 8.42 Å². The van der Waals surface area contributed by atoms with E-state index in [1.807, 2.05) is 32.9 Å². The predicted molar refractivity (Wildman–Crippen MR) is 114 cm³/mol. The molecule has 1 aliphatic heterocycles. The monoisotopic (exact) mass is 418 g/mol. The highest BCUT2D eigenvalue weighted by Gasteiger charge is 2.26. The first kappa shape index (κ1) is 21.8. The Hall–Kier alpha value is -1.93. The lowest BCUT2D eigenvalue weighted by molar-refractivity contribution is 0.0172. The van der Waals surface area contributed by atoms with Crippen LogP contribution in [0.1, 0.15) is 28.3 Å². The van der Waals surface area contributed by atoms with Gasteiger partial charge in [-0.15, -0.1) is 0 Å². The first-order valence-electron chi connectivity index (χ1n) is 9.85. The van der Waals surface area contributed by atoms with E-state index < -0.39 is 10.0 Å². The molecule has 2 aromatic carbocycles. The van der Waals surface area contributed by atoms with Crippen molar-refractivity contribution < 1.29 is 17.9 Å². The summed E-state index contributed by atoms with van der Waals surface area (Å²) < 4.78 is 39.8. The second-order valence-corrected chi connectivity index (χ2v) is 9.18. The lowest BCUT2D eigenvalue weighted by Gasteiger charge is -2.35. The fraction of sp³-hybridized carbons (Fsp3) is 0.455. The SMILES string of the molecule is COc1ccc(S(=O)(=O)NCC(c2cccc(C)c2)N2CCOCC2)c(C)c1C. The highest BCUT2D eigenvalue weighted by molar-refractivity contribution is 7.89. The Bertz CT molecular complexity index is 953. The molecule has 158 valence electrons. The fourth-order valence-electron chi connectivity index (χ4n) is 3.77. The minimum Gasteiger partial charge on any atom is -0.496 e. The van der Waals surface area contributed by atoms with Crippen molar-refractivity contribution >= 4 is 10.0 Å². The summed E-state index contributed by atoms with van der Waals surface area (Å²) in [6.45, 7) is 8.91. The number of aryl methyl sites for hydroxylation is 1. The largest absolute Gasteiger partial charge is 0.496 e. The lowest BCUT2D eigenvalue weighted by atomic mass is 10.0. The van der Waals surface area contributed by atoms with E-state index in [1.165, 1.54) is 0 Å². The molecule has 0 amide bonds. The number of morpholine rings is 1. The van der Waals surface area contributed by atoms with Crippen molar-refractivity contribution in [2.45, 2.75) is 31.7 Å². The standard InChI is InChI=1S/C22H30N2O4S/c1-16-6-5-7-19(14-16)20(24-10-12-28-13-11-24)15-23-29(25,26)22-9-8-21(27-4)17(2)18(22)3/h5-9,14,20,23H,10-13,15H2,1-4H3. The average Bonchev–Trinajstić information content (AvgIpc) is 2.71. The molecule has 0 saturated carbocycles. The summed E-state index contributed by atoms with van der Waals surface area (Å²) in [5.41, 5.74) is 3.80. The molecule has 1 unspecified atom stereocenters. The Kier molecular flexibility index (Phi) is 6.95. The number of ether oxygens (including phenoxy) is 2. The van der Waals surface area contributed by atoms with E-state index in [2.05, 4.69) is 21.8 Å². The van der Waals surface area contributed by atoms with E-state index in [0.29, 0.717) is 36.0 Å². The van der Waals surface area contributed by atoms with Gasteiger partial charge in [-0.25, -0.2) is 13.1 Å². The zero-order valence-electron chi connectivity index (χ0n) is 17.6. The molecule has 3 rings (SSSR count). The summed E-state index contributed by atoms with van der Waals surface area (Å²) in [6, 6.07) is 11.5. The molecule has 6 nitrogen and oxygen atoms in total. The van der Waals surface area contributed by atoms with Gasteiger partial charge in [-0.05, 0) is 49.6 Å². The van der Waals surface area contributed by atoms with Crippen LogP contribution in [0.5, 0.6) is 5.75 Å². The number of sulfonamides is 1. The number of nitrogens with one attached hydrogen (secondary N) is 1. The number of benzene rings is 2. The van der Waals surface area contributed by atoms with E-state index in [4.69, 9.17) is 9.47 Å². The molecule has 1 fully saturated rings. The van der Waals surface area contributed by atoms with Crippen molar-refractivity contribution in [1.82, 2.24) is 9.62 Å². The van der Waals surface area contributed by atoms with Gasteiger partial charge in [0.1, 0.15) is 5.75 Å². The van der Waals surface area contributed by atoms with Crippen molar-refractivity contribution in [1.29, 1.82) is 0 Å². The first-order valence-corrected chi connectivity index (χ1v) is 11.3. The maximum absolute atomic E-state index is 13.1. The minimum absolute atomic E-state index is 0.0479. The molecule has 0 bridgehead atoms. The summed E-state index contributed by atoms with van der Waals surface area (Å²) in [6.07, 6.45) is 0. The highest BCUT2D eigenvalue weighted by Crippen LogP contribution is 2.28.